The Hall–Kier alpha value is -3.19. The number of nitrogens with zero attached hydrogens (tertiary/aromatic N) is 3. The molecule has 7 nitrogen and oxygen atoms in total. The van der Waals surface area contributed by atoms with Crippen molar-refractivity contribution in [3.63, 3.8) is 0 Å². The molecule has 3 N–H and O–H groups in total. The van der Waals surface area contributed by atoms with Crippen LogP contribution in [0, 0.1) is 19.8 Å². The van der Waals surface area contributed by atoms with Crippen LogP contribution in [0.1, 0.15) is 48.2 Å². The molecule has 1 aliphatic heterocycles. The monoisotopic (exact) mass is 417 g/mol. The SMILES string of the molecule is Cc1cc(C)c(/C=C2\C(=O)N(CC3CCC(N)CC3)c3ccc(-c4ncon4)cc32)[nH]1. The zero-order valence-electron chi connectivity index (χ0n) is 17.9. The third kappa shape index (κ3) is 3.70. The van der Waals surface area contributed by atoms with Crippen LogP contribution >= 0.6 is 0 Å². The standard InChI is InChI=1S/C24H27N5O2/c1-14-9-15(2)27-21(14)11-20-19-10-17(23-26-13-31-28-23)5-8-22(19)29(24(20)30)12-16-3-6-18(25)7-4-16/h5,8-11,13,16,18,27H,3-4,6-7,12,25H2,1-2H3/b20-11-. The molecule has 3 aromatic rings. The fourth-order valence-electron chi connectivity index (χ4n) is 4.79. The molecule has 1 aromatic carbocycles. The number of carbonyl (C=O) groups excluding carboxylic acids is 1. The zero-order valence-corrected chi connectivity index (χ0v) is 17.9. The van der Waals surface area contributed by atoms with Gasteiger partial charge in [-0.2, -0.15) is 4.98 Å². The van der Waals surface area contributed by atoms with Gasteiger partial charge in [0.25, 0.3) is 5.91 Å². The minimum absolute atomic E-state index is 0.0433. The summed E-state index contributed by atoms with van der Waals surface area (Å²) in [5, 5.41) is 3.96. The molecule has 31 heavy (non-hydrogen) atoms. The third-order valence-electron chi connectivity index (χ3n) is 6.48. The lowest BCUT2D eigenvalue weighted by Gasteiger charge is -2.29. The first kappa shape index (κ1) is 19.8. The van der Waals surface area contributed by atoms with Crippen molar-refractivity contribution in [1.82, 2.24) is 15.1 Å². The molecule has 1 saturated carbocycles. The van der Waals surface area contributed by atoms with E-state index in [0.717, 1.165) is 66.0 Å². The van der Waals surface area contributed by atoms with Crippen LogP contribution in [-0.2, 0) is 4.79 Å². The van der Waals surface area contributed by atoms with Gasteiger partial charge in [0, 0.05) is 35.1 Å². The van der Waals surface area contributed by atoms with E-state index in [2.05, 4.69) is 28.1 Å². The quantitative estimate of drug-likeness (QED) is 0.623. The number of hydrogen-bond donors (Lipinski definition) is 2. The Kier molecular flexibility index (Phi) is 4.98. The molecule has 0 unspecified atom stereocenters. The number of nitrogens with one attached hydrogen (secondary N) is 1. The highest BCUT2D eigenvalue weighted by Crippen LogP contribution is 2.41. The van der Waals surface area contributed by atoms with E-state index >= 15 is 0 Å². The predicted molar refractivity (Wildman–Crippen MR) is 120 cm³/mol. The topological polar surface area (TPSA) is 101 Å². The fraction of sp³-hybridized carbons (Fsp3) is 0.375. The van der Waals surface area contributed by atoms with Gasteiger partial charge in [0.2, 0.25) is 12.2 Å². The second kappa shape index (κ2) is 7.81. The number of hydrogen-bond acceptors (Lipinski definition) is 5. The Balaban J connectivity index is 1.55. The maximum atomic E-state index is 13.6. The van der Waals surface area contributed by atoms with E-state index in [0.29, 0.717) is 23.4 Å². The van der Waals surface area contributed by atoms with Crippen LogP contribution in [0.4, 0.5) is 5.69 Å². The maximum absolute atomic E-state index is 13.6. The van der Waals surface area contributed by atoms with Crippen molar-refractivity contribution in [2.24, 2.45) is 11.7 Å². The predicted octanol–water partition coefficient (Wildman–Crippen LogP) is 4.09. The molecule has 2 aromatic heterocycles. The average molecular weight is 418 g/mol. The summed E-state index contributed by atoms with van der Waals surface area (Å²) in [6, 6.07) is 8.33. The Bertz CT molecular complexity index is 1140. The summed E-state index contributed by atoms with van der Waals surface area (Å²) >= 11 is 0. The summed E-state index contributed by atoms with van der Waals surface area (Å²) in [5.74, 6) is 1.03. The largest absolute Gasteiger partial charge is 0.359 e. The number of H-pyrrole nitrogens is 1. The van der Waals surface area contributed by atoms with Gasteiger partial charge in [-0.25, -0.2) is 0 Å². The molecule has 160 valence electrons. The Morgan fingerprint density at radius 3 is 2.71 bits per heavy atom. The smallest absolute Gasteiger partial charge is 0.259 e. The van der Waals surface area contributed by atoms with Crippen molar-refractivity contribution >= 4 is 23.2 Å². The van der Waals surface area contributed by atoms with Gasteiger partial charge in [-0.05, 0) is 81.4 Å². The van der Waals surface area contributed by atoms with Crippen LogP contribution < -0.4 is 10.6 Å². The number of fused-ring (bicyclic) bond motifs is 1. The molecule has 3 heterocycles. The molecule has 1 fully saturated rings. The molecule has 5 rings (SSSR count). The number of carbonyl (C=O) groups is 1. The highest BCUT2D eigenvalue weighted by Gasteiger charge is 2.35. The van der Waals surface area contributed by atoms with Crippen LogP contribution in [0.3, 0.4) is 0 Å². The molecule has 2 aliphatic rings. The number of benzene rings is 1. The molecule has 0 atom stereocenters. The number of aromatic nitrogens is 3. The Morgan fingerprint density at radius 2 is 2.03 bits per heavy atom. The summed E-state index contributed by atoms with van der Waals surface area (Å²) in [6.45, 7) is 4.79. The van der Waals surface area contributed by atoms with Crippen molar-refractivity contribution in [2.45, 2.75) is 45.6 Å². The second-order valence-corrected chi connectivity index (χ2v) is 8.79. The number of aryl methyl sites for hydroxylation is 2. The summed E-state index contributed by atoms with van der Waals surface area (Å²) in [5.41, 5.74) is 12.6. The lowest BCUT2D eigenvalue weighted by atomic mass is 9.86. The number of amides is 1. The van der Waals surface area contributed by atoms with E-state index in [1.54, 1.807) is 0 Å². The van der Waals surface area contributed by atoms with Gasteiger partial charge < -0.3 is 20.1 Å². The normalized spacial score (nSPS) is 22.4. The molecule has 0 radical (unpaired) electrons. The van der Waals surface area contributed by atoms with E-state index in [-0.39, 0.29) is 5.91 Å². The molecule has 1 aliphatic carbocycles. The van der Waals surface area contributed by atoms with Gasteiger partial charge in [0.1, 0.15) is 0 Å². The lowest BCUT2D eigenvalue weighted by molar-refractivity contribution is -0.113. The number of anilines is 1. The summed E-state index contributed by atoms with van der Waals surface area (Å²) in [6.07, 6.45) is 7.47. The number of nitrogens with two attached hydrogens (primary N) is 1. The van der Waals surface area contributed by atoms with Gasteiger partial charge in [-0.15, -0.1) is 0 Å². The van der Waals surface area contributed by atoms with E-state index in [4.69, 9.17) is 10.3 Å². The molecule has 0 bridgehead atoms. The molecular formula is C24H27N5O2. The first-order chi connectivity index (χ1) is 15.0. The van der Waals surface area contributed by atoms with Crippen LogP contribution in [0.5, 0.6) is 0 Å². The van der Waals surface area contributed by atoms with E-state index in [1.165, 1.54) is 6.39 Å². The van der Waals surface area contributed by atoms with Crippen LogP contribution in [0.2, 0.25) is 0 Å². The van der Waals surface area contributed by atoms with Crippen LogP contribution in [-0.4, -0.2) is 33.6 Å². The lowest BCUT2D eigenvalue weighted by Crippen LogP contribution is -2.36. The van der Waals surface area contributed by atoms with E-state index in [1.807, 2.05) is 36.1 Å². The fourth-order valence-corrected chi connectivity index (χ4v) is 4.79. The second-order valence-electron chi connectivity index (χ2n) is 8.79. The molecule has 7 heteroatoms. The minimum Gasteiger partial charge on any atom is -0.359 e. The van der Waals surface area contributed by atoms with Crippen LogP contribution in [0.25, 0.3) is 23.0 Å². The maximum Gasteiger partial charge on any atom is 0.259 e. The van der Waals surface area contributed by atoms with Gasteiger partial charge >= 0.3 is 0 Å². The molecular weight excluding hydrogens is 390 g/mol. The average Bonchev–Trinajstić information content (AvgIpc) is 3.45. The van der Waals surface area contributed by atoms with Gasteiger partial charge in [-0.3, -0.25) is 4.79 Å². The van der Waals surface area contributed by atoms with Crippen molar-refractivity contribution in [3.05, 3.63) is 53.2 Å². The van der Waals surface area contributed by atoms with E-state index in [9.17, 15) is 4.79 Å². The summed E-state index contributed by atoms with van der Waals surface area (Å²) in [4.78, 5) is 23.1. The summed E-state index contributed by atoms with van der Waals surface area (Å²) in [7, 11) is 0. The summed E-state index contributed by atoms with van der Waals surface area (Å²) < 4.78 is 4.91. The number of rotatable bonds is 4. The number of aromatic amines is 1. The minimum atomic E-state index is 0.0433. The zero-order chi connectivity index (χ0) is 21.5. The van der Waals surface area contributed by atoms with Crippen molar-refractivity contribution in [1.29, 1.82) is 0 Å². The Labute approximate surface area is 181 Å². The van der Waals surface area contributed by atoms with Gasteiger partial charge in [0.15, 0.2) is 0 Å². The van der Waals surface area contributed by atoms with Crippen molar-refractivity contribution < 1.29 is 9.32 Å². The molecule has 0 spiro atoms. The molecule has 0 saturated heterocycles. The highest BCUT2D eigenvalue weighted by atomic mass is 16.5. The third-order valence-corrected chi connectivity index (χ3v) is 6.48. The first-order valence-corrected chi connectivity index (χ1v) is 10.9. The van der Waals surface area contributed by atoms with Crippen LogP contribution in [0.15, 0.2) is 35.2 Å². The first-order valence-electron chi connectivity index (χ1n) is 10.9. The van der Waals surface area contributed by atoms with Gasteiger partial charge in [-0.1, -0.05) is 5.16 Å². The molecule has 1 amide bonds. The Morgan fingerprint density at radius 1 is 1.23 bits per heavy atom. The van der Waals surface area contributed by atoms with Crippen molar-refractivity contribution in [3.8, 4) is 11.4 Å². The van der Waals surface area contributed by atoms with Gasteiger partial charge in [0.05, 0.1) is 11.3 Å². The van der Waals surface area contributed by atoms with E-state index < -0.39 is 0 Å². The highest BCUT2D eigenvalue weighted by molar-refractivity contribution is 6.36. The van der Waals surface area contributed by atoms with Crippen molar-refractivity contribution in [2.75, 3.05) is 11.4 Å².